The Morgan fingerprint density at radius 2 is 2.04 bits per heavy atom. The second-order valence-electron chi connectivity index (χ2n) is 7.79. The second kappa shape index (κ2) is 5.88. The van der Waals surface area contributed by atoms with Gasteiger partial charge in [0, 0.05) is 43.5 Å². The largest absolute Gasteiger partial charge is 0.378 e. The van der Waals surface area contributed by atoms with Gasteiger partial charge < -0.3 is 5.32 Å². The van der Waals surface area contributed by atoms with Gasteiger partial charge >= 0.3 is 0 Å². The van der Waals surface area contributed by atoms with E-state index in [9.17, 15) is 4.21 Å². The van der Waals surface area contributed by atoms with Crippen LogP contribution in [0.25, 0.3) is 4.91 Å². The summed E-state index contributed by atoms with van der Waals surface area (Å²) >= 11 is 8.13. The normalized spacial score (nSPS) is 28.3. The first-order valence-corrected chi connectivity index (χ1v) is 11.6. The number of hydrogen-bond donors (Lipinski definition) is 1. The van der Waals surface area contributed by atoms with Crippen LogP contribution in [0, 0.1) is 5.92 Å². The lowest BCUT2D eigenvalue weighted by Crippen LogP contribution is -2.52. The van der Waals surface area contributed by atoms with Crippen molar-refractivity contribution in [1.82, 2.24) is 0 Å². The van der Waals surface area contributed by atoms with Gasteiger partial charge in [-0.15, -0.1) is 11.8 Å². The van der Waals surface area contributed by atoms with Gasteiger partial charge in [-0.1, -0.05) is 49.7 Å². The number of rotatable bonds is 0. The minimum atomic E-state index is -0.964. The molecule has 0 amide bonds. The Morgan fingerprint density at radius 1 is 1.23 bits per heavy atom. The van der Waals surface area contributed by atoms with Crippen LogP contribution in [-0.4, -0.2) is 21.8 Å². The molecule has 1 N–H and O–H groups in total. The van der Waals surface area contributed by atoms with Gasteiger partial charge in [-0.25, -0.2) is 0 Å². The molecule has 5 heteroatoms. The molecule has 26 heavy (non-hydrogen) atoms. The lowest BCUT2D eigenvalue weighted by Gasteiger charge is -2.50. The summed E-state index contributed by atoms with van der Waals surface area (Å²) in [5, 5.41) is 4.51. The van der Waals surface area contributed by atoms with Crippen LogP contribution >= 0.6 is 23.4 Å². The van der Waals surface area contributed by atoms with Crippen LogP contribution in [0.3, 0.4) is 0 Å². The van der Waals surface area contributed by atoms with Crippen LogP contribution in [0.1, 0.15) is 25.0 Å². The van der Waals surface area contributed by atoms with Gasteiger partial charge in [-0.3, -0.25) is 4.21 Å². The van der Waals surface area contributed by atoms with Gasteiger partial charge in [-0.05, 0) is 34.8 Å². The van der Waals surface area contributed by atoms with Crippen molar-refractivity contribution in [2.45, 2.75) is 30.2 Å². The highest BCUT2D eigenvalue weighted by Gasteiger charge is 2.49. The van der Waals surface area contributed by atoms with Crippen LogP contribution in [-0.2, 0) is 16.2 Å². The molecule has 3 aliphatic heterocycles. The Labute approximate surface area is 165 Å². The van der Waals surface area contributed by atoms with Crippen molar-refractivity contribution in [3.63, 3.8) is 0 Å². The summed E-state index contributed by atoms with van der Waals surface area (Å²) < 4.78 is 13.3. The zero-order chi connectivity index (χ0) is 18.1. The minimum absolute atomic E-state index is 0.0499. The van der Waals surface area contributed by atoms with E-state index in [0.29, 0.717) is 11.7 Å². The third-order valence-corrected chi connectivity index (χ3v) is 9.01. The molecule has 0 aromatic heterocycles. The van der Waals surface area contributed by atoms with Gasteiger partial charge in [-0.2, -0.15) is 0 Å². The lowest BCUT2D eigenvalue weighted by atomic mass is 9.66. The third-order valence-electron chi connectivity index (χ3n) is 6.06. The molecule has 134 valence electrons. The maximum Gasteiger partial charge on any atom is 0.0542 e. The van der Waals surface area contributed by atoms with Gasteiger partial charge in [0.05, 0.1) is 16.8 Å². The highest BCUT2D eigenvalue weighted by atomic mass is 35.5. The Bertz CT molecular complexity index is 982. The monoisotopic (exact) mass is 401 g/mol. The number of hydrogen-bond acceptors (Lipinski definition) is 3. The third kappa shape index (κ3) is 2.35. The Balaban J connectivity index is 1.70. The molecule has 2 aromatic carbocycles. The average molecular weight is 402 g/mol. The van der Waals surface area contributed by atoms with Gasteiger partial charge in [0.25, 0.3) is 0 Å². The van der Waals surface area contributed by atoms with Crippen LogP contribution in [0.5, 0.6) is 0 Å². The highest BCUT2D eigenvalue weighted by Crippen LogP contribution is 2.52. The molecule has 5 rings (SSSR count). The van der Waals surface area contributed by atoms with E-state index >= 15 is 0 Å². The summed E-state index contributed by atoms with van der Waals surface area (Å²) in [5.41, 5.74) is 4.81. The van der Waals surface area contributed by atoms with Crippen molar-refractivity contribution in [3.05, 3.63) is 64.2 Å². The van der Waals surface area contributed by atoms with E-state index in [2.05, 4.69) is 43.4 Å². The summed E-state index contributed by atoms with van der Waals surface area (Å²) in [5.74, 6) is 1.91. The van der Waals surface area contributed by atoms with Gasteiger partial charge in [0.2, 0.25) is 0 Å². The molecule has 3 heterocycles. The first-order valence-electron chi connectivity index (χ1n) is 8.87. The fraction of sp³-hybridized carbons (Fsp3) is 0.333. The van der Waals surface area contributed by atoms with Gasteiger partial charge in [0.15, 0.2) is 0 Å². The van der Waals surface area contributed by atoms with E-state index in [4.69, 9.17) is 11.6 Å². The SMILES string of the molecule is CC1(C)c2ccc(Cl)cc2NC2C3=C(c4ccccc4SC3)S(=O)CC21. The molecule has 0 radical (unpaired) electrons. The summed E-state index contributed by atoms with van der Waals surface area (Å²) in [6.07, 6.45) is 0. The molecular weight excluding hydrogens is 382 g/mol. The summed E-state index contributed by atoms with van der Waals surface area (Å²) in [4.78, 5) is 2.31. The fourth-order valence-electron chi connectivity index (χ4n) is 4.64. The van der Waals surface area contributed by atoms with Crippen molar-refractivity contribution >= 4 is 44.8 Å². The number of benzene rings is 2. The zero-order valence-corrected chi connectivity index (χ0v) is 17.1. The topological polar surface area (TPSA) is 29.1 Å². The Kier molecular flexibility index (Phi) is 3.83. The van der Waals surface area contributed by atoms with Crippen molar-refractivity contribution in [3.8, 4) is 0 Å². The molecule has 3 unspecified atom stereocenters. The summed E-state index contributed by atoms with van der Waals surface area (Å²) in [7, 11) is -0.964. The molecule has 0 bridgehead atoms. The van der Waals surface area contributed by atoms with Crippen LogP contribution < -0.4 is 5.32 Å². The molecule has 3 aliphatic rings. The van der Waals surface area contributed by atoms with Crippen LogP contribution in [0.2, 0.25) is 5.02 Å². The predicted molar refractivity (Wildman–Crippen MR) is 112 cm³/mol. The van der Waals surface area contributed by atoms with Crippen molar-refractivity contribution < 1.29 is 4.21 Å². The maximum atomic E-state index is 13.3. The quantitative estimate of drug-likeness (QED) is 0.648. The van der Waals surface area contributed by atoms with Crippen molar-refractivity contribution in [2.75, 3.05) is 16.8 Å². The van der Waals surface area contributed by atoms with E-state index in [-0.39, 0.29) is 11.5 Å². The molecule has 0 saturated heterocycles. The molecule has 3 atom stereocenters. The number of thioether (sulfide) groups is 1. The molecule has 2 nitrogen and oxygen atoms in total. The minimum Gasteiger partial charge on any atom is -0.378 e. The fourth-order valence-corrected chi connectivity index (χ4v) is 8.12. The van der Waals surface area contributed by atoms with E-state index in [1.165, 1.54) is 16.0 Å². The first kappa shape index (κ1) is 16.9. The van der Waals surface area contributed by atoms with E-state index in [0.717, 1.165) is 26.9 Å². The molecule has 0 saturated carbocycles. The van der Waals surface area contributed by atoms with Crippen molar-refractivity contribution in [2.24, 2.45) is 5.92 Å². The molecular formula is C21H20ClNOS2. The lowest BCUT2D eigenvalue weighted by molar-refractivity contribution is 0.312. The molecule has 0 fully saturated rings. The Morgan fingerprint density at radius 3 is 2.88 bits per heavy atom. The summed E-state index contributed by atoms with van der Waals surface area (Å²) in [6, 6.07) is 14.7. The van der Waals surface area contributed by atoms with E-state index in [1.807, 2.05) is 30.0 Å². The van der Waals surface area contributed by atoms with E-state index < -0.39 is 10.8 Å². The smallest absolute Gasteiger partial charge is 0.0542 e. The molecule has 2 aromatic rings. The maximum absolute atomic E-state index is 13.3. The number of fused-ring (bicyclic) bond motifs is 5. The zero-order valence-electron chi connectivity index (χ0n) is 14.7. The summed E-state index contributed by atoms with van der Waals surface area (Å²) in [6.45, 7) is 4.57. The highest BCUT2D eigenvalue weighted by molar-refractivity contribution is 8.00. The first-order chi connectivity index (χ1) is 12.5. The molecule has 0 aliphatic carbocycles. The number of nitrogens with one attached hydrogen (secondary N) is 1. The van der Waals surface area contributed by atoms with Crippen LogP contribution in [0.15, 0.2) is 52.9 Å². The average Bonchev–Trinajstić information content (AvgIpc) is 2.62. The predicted octanol–water partition coefficient (Wildman–Crippen LogP) is 5.31. The molecule has 0 spiro atoms. The van der Waals surface area contributed by atoms with Crippen LogP contribution in [0.4, 0.5) is 5.69 Å². The Hall–Kier alpha value is -1.23. The number of anilines is 1. The van der Waals surface area contributed by atoms with E-state index in [1.54, 1.807) is 0 Å². The standard InChI is InChI=1S/C21H20ClNOS2/c1-21(2)15-8-7-12(22)9-17(15)23-19-14-10-25-18-6-4-3-5-13(18)20(14)26(24)11-16(19)21/h3-9,16,19,23H,10-11H2,1-2H3. The number of halogens is 1. The second-order valence-corrected chi connectivity index (χ2v) is 10.7. The van der Waals surface area contributed by atoms with Crippen molar-refractivity contribution in [1.29, 1.82) is 0 Å². The van der Waals surface area contributed by atoms with Gasteiger partial charge in [0.1, 0.15) is 0 Å².